The molecule has 156 valence electrons. The molecule has 0 radical (unpaired) electrons. The van der Waals surface area contributed by atoms with Gasteiger partial charge < -0.3 is 10.1 Å². The average molecular weight is 401 g/mol. The maximum Gasteiger partial charge on any atom is 0.119 e. The van der Waals surface area contributed by atoms with Crippen LogP contribution in [0.5, 0.6) is 5.75 Å². The summed E-state index contributed by atoms with van der Waals surface area (Å²) in [6, 6.07) is 28.2. The van der Waals surface area contributed by atoms with E-state index in [0.717, 1.165) is 51.3 Å². The number of rotatable bonds is 9. The Morgan fingerprint density at radius 2 is 1.57 bits per heavy atom. The lowest BCUT2D eigenvalue weighted by Gasteiger charge is -2.29. The average Bonchev–Trinajstić information content (AvgIpc) is 2.82. The van der Waals surface area contributed by atoms with E-state index in [4.69, 9.17) is 4.74 Å². The van der Waals surface area contributed by atoms with Crippen LogP contribution in [0.1, 0.15) is 34.6 Å². The van der Waals surface area contributed by atoms with Gasteiger partial charge in [-0.25, -0.2) is 0 Å². The predicted octanol–water partition coefficient (Wildman–Crippen LogP) is 4.87. The molecule has 4 rings (SSSR count). The summed E-state index contributed by atoms with van der Waals surface area (Å²) in [7, 11) is 1.74. The molecular weight excluding hydrogens is 368 g/mol. The van der Waals surface area contributed by atoms with Crippen LogP contribution in [-0.2, 0) is 13.0 Å². The van der Waals surface area contributed by atoms with E-state index in [2.05, 4.69) is 89.1 Å². The fraction of sp³-hybridized carbons (Fsp3) is 0.333. The van der Waals surface area contributed by atoms with Crippen molar-refractivity contribution >= 4 is 0 Å². The Balaban J connectivity index is 1.27. The van der Waals surface area contributed by atoms with Gasteiger partial charge in [-0.3, -0.25) is 4.90 Å². The first-order valence-corrected chi connectivity index (χ1v) is 11.0. The Labute approximate surface area is 180 Å². The molecule has 3 aromatic rings. The van der Waals surface area contributed by atoms with E-state index >= 15 is 0 Å². The van der Waals surface area contributed by atoms with Crippen molar-refractivity contribution in [1.82, 2.24) is 10.2 Å². The molecule has 0 spiro atoms. The van der Waals surface area contributed by atoms with Gasteiger partial charge in [0.15, 0.2) is 0 Å². The molecule has 0 atom stereocenters. The molecule has 0 saturated heterocycles. The molecule has 3 heteroatoms. The predicted molar refractivity (Wildman–Crippen MR) is 124 cm³/mol. The van der Waals surface area contributed by atoms with Crippen LogP contribution in [0.25, 0.3) is 0 Å². The molecule has 0 amide bonds. The van der Waals surface area contributed by atoms with Crippen molar-refractivity contribution in [2.24, 2.45) is 0 Å². The molecule has 0 unspecified atom stereocenters. The Hall–Kier alpha value is -2.62. The van der Waals surface area contributed by atoms with Gasteiger partial charge in [-0.2, -0.15) is 0 Å². The van der Waals surface area contributed by atoms with Crippen LogP contribution < -0.4 is 10.1 Å². The lowest BCUT2D eigenvalue weighted by Crippen LogP contribution is -2.36. The molecule has 1 aliphatic heterocycles. The largest absolute Gasteiger partial charge is 0.497 e. The molecule has 30 heavy (non-hydrogen) atoms. The zero-order valence-corrected chi connectivity index (χ0v) is 17.9. The molecule has 3 nitrogen and oxygen atoms in total. The summed E-state index contributed by atoms with van der Waals surface area (Å²) in [5.74, 6) is 1.40. The first kappa shape index (κ1) is 20.6. The number of fused-ring (bicyclic) bond motifs is 1. The van der Waals surface area contributed by atoms with Crippen molar-refractivity contribution in [2.75, 3.05) is 33.3 Å². The van der Waals surface area contributed by atoms with Gasteiger partial charge in [0, 0.05) is 32.1 Å². The van der Waals surface area contributed by atoms with Gasteiger partial charge in [0.1, 0.15) is 5.75 Å². The van der Waals surface area contributed by atoms with Crippen LogP contribution >= 0.6 is 0 Å². The van der Waals surface area contributed by atoms with Crippen molar-refractivity contribution in [3.63, 3.8) is 0 Å². The van der Waals surface area contributed by atoms with Crippen LogP contribution in [0, 0.1) is 0 Å². The van der Waals surface area contributed by atoms with Gasteiger partial charge in [-0.1, -0.05) is 66.7 Å². The van der Waals surface area contributed by atoms with Crippen LogP contribution in [0.15, 0.2) is 78.9 Å². The summed E-state index contributed by atoms with van der Waals surface area (Å²) in [5, 5.41) is 3.68. The first-order chi connectivity index (χ1) is 14.8. The summed E-state index contributed by atoms with van der Waals surface area (Å²) >= 11 is 0. The van der Waals surface area contributed by atoms with E-state index in [9.17, 15) is 0 Å². The number of nitrogens with zero attached hydrogens (tertiary/aromatic N) is 1. The van der Waals surface area contributed by atoms with E-state index < -0.39 is 0 Å². The molecule has 0 aliphatic carbocycles. The normalized spacial score (nSPS) is 13.9. The summed E-state index contributed by atoms with van der Waals surface area (Å²) in [5.41, 5.74) is 5.67. The minimum atomic E-state index is 0.439. The molecule has 1 N–H and O–H groups in total. The molecule has 0 fully saturated rings. The van der Waals surface area contributed by atoms with E-state index in [1.807, 2.05) is 0 Å². The number of nitrogens with one attached hydrogen (secondary N) is 1. The summed E-state index contributed by atoms with van der Waals surface area (Å²) < 4.78 is 5.39. The highest BCUT2D eigenvalue weighted by Crippen LogP contribution is 2.27. The quantitative estimate of drug-likeness (QED) is 0.519. The lowest BCUT2D eigenvalue weighted by atomic mass is 9.88. The standard InChI is InChI=1S/C27H32N2O/c1-30-26-13-12-22-15-18-29(21-25(22)20-26)19-17-28-16-14-27(23-8-4-2-5-9-23)24-10-6-3-7-11-24/h2-13,20,27-28H,14-19,21H2,1H3. The fourth-order valence-corrected chi connectivity index (χ4v) is 4.41. The minimum absolute atomic E-state index is 0.439. The highest BCUT2D eigenvalue weighted by Gasteiger charge is 2.17. The number of hydrogen-bond donors (Lipinski definition) is 1. The Bertz CT molecular complexity index is 871. The number of ether oxygens (including phenoxy) is 1. The SMILES string of the molecule is COc1ccc2c(c1)CN(CCNCCC(c1ccccc1)c1ccccc1)CC2. The molecule has 0 aromatic heterocycles. The van der Waals surface area contributed by atoms with Crippen LogP contribution in [0.4, 0.5) is 0 Å². The van der Waals surface area contributed by atoms with E-state index in [-0.39, 0.29) is 0 Å². The smallest absolute Gasteiger partial charge is 0.119 e. The van der Waals surface area contributed by atoms with Crippen molar-refractivity contribution in [2.45, 2.75) is 25.3 Å². The maximum atomic E-state index is 5.39. The number of hydrogen-bond acceptors (Lipinski definition) is 3. The van der Waals surface area contributed by atoms with Crippen LogP contribution in [0.2, 0.25) is 0 Å². The molecule has 0 saturated carbocycles. The minimum Gasteiger partial charge on any atom is -0.497 e. The second-order valence-electron chi connectivity index (χ2n) is 8.07. The van der Waals surface area contributed by atoms with Gasteiger partial charge in [0.25, 0.3) is 0 Å². The third-order valence-corrected chi connectivity index (χ3v) is 6.12. The lowest BCUT2D eigenvalue weighted by molar-refractivity contribution is 0.253. The van der Waals surface area contributed by atoms with Gasteiger partial charge in [-0.05, 0) is 53.8 Å². The summed E-state index contributed by atoms with van der Waals surface area (Å²) in [6.45, 7) is 5.28. The second-order valence-corrected chi connectivity index (χ2v) is 8.07. The third-order valence-electron chi connectivity index (χ3n) is 6.12. The third kappa shape index (κ3) is 5.29. The molecular formula is C27H32N2O. The Morgan fingerprint density at radius 3 is 2.23 bits per heavy atom. The highest BCUT2D eigenvalue weighted by molar-refractivity contribution is 5.37. The fourth-order valence-electron chi connectivity index (χ4n) is 4.41. The molecule has 1 heterocycles. The number of methoxy groups -OCH3 is 1. The van der Waals surface area contributed by atoms with Gasteiger partial charge >= 0.3 is 0 Å². The zero-order valence-electron chi connectivity index (χ0n) is 17.9. The number of benzene rings is 3. The van der Waals surface area contributed by atoms with E-state index in [1.54, 1.807) is 7.11 Å². The van der Waals surface area contributed by atoms with E-state index in [0.29, 0.717) is 5.92 Å². The van der Waals surface area contributed by atoms with Crippen molar-refractivity contribution < 1.29 is 4.74 Å². The van der Waals surface area contributed by atoms with Gasteiger partial charge in [-0.15, -0.1) is 0 Å². The summed E-state index contributed by atoms with van der Waals surface area (Å²) in [4.78, 5) is 2.54. The zero-order chi connectivity index (χ0) is 20.6. The topological polar surface area (TPSA) is 24.5 Å². The van der Waals surface area contributed by atoms with E-state index in [1.165, 1.54) is 22.3 Å². The molecule has 0 bridgehead atoms. The monoisotopic (exact) mass is 400 g/mol. The van der Waals surface area contributed by atoms with Crippen molar-refractivity contribution in [3.05, 3.63) is 101 Å². The Morgan fingerprint density at radius 1 is 0.867 bits per heavy atom. The van der Waals surface area contributed by atoms with Crippen LogP contribution in [0.3, 0.4) is 0 Å². The molecule has 1 aliphatic rings. The molecule has 3 aromatic carbocycles. The van der Waals surface area contributed by atoms with Crippen LogP contribution in [-0.4, -0.2) is 38.2 Å². The van der Waals surface area contributed by atoms with Gasteiger partial charge in [0.05, 0.1) is 7.11 Å². The van der Waals surface area contributed by atoms with Crippen molar-refractivity contribution in [1.29, 1.82) is 0 Å². The van der Waals surface area contributed by atoms with Gasteiger partial charge in [0.2, 0.25) is 0 Å². The van der Waals surface area contributed by atoms with Crippen molar-refractivity contribution in [3.8, 4) is 5.75 Å². The Kier molecular flexibility index (Phi) is 7.17. The summed E-state index contributed by atoms with van der Waals surface area (Å²) in [6.07, 6.45) is 2.23. The highest BCUT2D eigenvalue weighted by atomic mass is 16.5. The first-order valence-electron chi connectivity index (χ1n) is 11.0. The maximum absolute atomic E-state index is 5.39. The second kappa shape index (κ2) is 10.4.